The zero-order chi connectivity index (χ0) is 14.4. The average Bonchev–Trinajstić information content (AvgIpc) is 2.44. The molecule has 0 radical (unpaired) electrons. The molecule has 0 amide bonds. The molecule has 1 aromatic carbocycles. The quantitative estimate of drug-likeness (QED) is 0.750. The number of hydrogen-bond donors (Lipinski definition) is 2. The fourth-order valence-electron chi connectivity index (χ4n) is 2.17. The van der Waals surface area contributed by atoms with E-state index in [1.54, 1.807) is 20.3 Å². The predicted octanol–water partition coefficient (Wildman–Crippen LogP) is 1.20. The van der Waals surface area contributed by atoms with Crippen LogP contribution >= 0.6 is 0 Å². The van der Waals surface area contributed by atoms with E-state index in [2.05, 4.69) is 5.32 Å². The molecule has 1 saturated carbocycles. The number of ether oxygens (including phenoxy) is 3. The highest BCUT2D eigenvalue weighted by molar-refractivity contribution is 5.32. The second-order valence-corrected chi connectivity index (χ2v) is 5.08. The third-order valence-electron chi connectivity index (χ3n) is 3.55. The summed E-state index contributed by atoms with van der Waals surface area (Å²) >= 11 is 0. The fraction of sp³-hybridized carbons (Fsp3) is 0.600. The molecule has 5 heteroatoms. The van der Waals surface area contributed by atoms with Gasteiger partial charge in [-0.05, 0) is 25.0 Å². The lowest BCUT2D eigenvalue weighted by atomic mass is 9.89. The van der Waals surface area contributed by atoms with Gasteiger partial charge in [-0.2, -0.15) is 0 Å². The lowest BCUT2D eigenvalue weighted by molar-refractivity contribution is 0.0117. The summed E-state index contributed by atoms with van der Waals surface area (Å²) in [6, 6.07) is 7.81. The van der Waals surface area contributed by atoms with E-state index >= 15 is 0 Å². The van der Waals surface area contributed by atoms with Gasteiger partial charge in [-0.25, -0.2) is 0 Å². The van der Waals surface area contributed by atoms with Gasteiger partial charge >= 0.3 is 0 Å². The molecule has 1 atom stereocenters. The normalized spacial score (nSPS) is 22.9. The Labute approximate surface area is 119 Å². The largest absolute Gasteiger partial charge is 0.497 e. The molecule has 1 unspecified atom stereocenters. The monoisotopic (exact) mass is 281 g/mol. The minimum Gasteiger partial charge on any atom is -0.497 e. The number of aliphatic hydroxyl groups is 1. The first-order valence-corrected chi connectivity index (χ1v) is 6.92. The Hall–Kier alpha value is -1.30. The van der Waals surface area contributed by atoms with E-state index in [0.717, 1.165) is 18.6 Å². The summed E-state index contributed by atoms with van der Waals surface area (Å²) in [7, 11) is 3.35. The van der Waals surface area contributed by atoms with Crippen LogP contribution in [0, 0.1) is 0 Å². The molecule has 0 heterocycles. The molecular formula is C15H23NO4. The number of hydrogen-bond acceptors (Lipinski definition) is 5. The maximum Gasteiger partial charge on any atom is 0.123 e. The SMILES string of the molecule is COc1cccc(OCC(O)CNC2CC(OC)C2)c1. The lowest BCUT2D eigenvalue weighted by Crippen LogP contribution is -2.48. The van der Waals surface area contributed by atoms with Crippen LogP contribution < -0.4 is 14.8 Å². The third-order valence-corrected chi connectivity index (χ3v) is 3.55. The molecule has 20 heavy (non-hydrogen) atoms. The van der Waals surface area contributed by atoms with Gasteiger partial charge in [0.25, 0.3) is 0 Å². The van der Waals surface area contributed by atoms with E-state index < -0.39 is 6.10 Å². The Kier molecular flexibility index (Phi) is 5.64. The molecule has 1 aliphatic carbocycles. The minimum atomic E-state index is -0.525. The number of aliphatic hydroxyl groups excluding tert-OH is 1. The molecule has 0 bridgehead atoms. The molecular weight excluding hydrogens is 258 g/mol. The zero-order valence-corrected chi connectivity index (χ0v) is 12.0. The van der Waals surface area contributed by atoms with Crippen molar-refractivity contribution in [3.63, 3.8) is 0 Å². The van der Waals surface area contributed by atoms with Crippen molar-refractivity contribution >= 4 is 0 Å². The summed E-state index contributed by atoms with van der Waals surface area (Å²) in [5.41, 5.74) is 0. The van der Waals surface area contributed by atoms with Crippen molar-refractivity contribution in [1.29, 1.82) is 0 Å². The van der Waals surface area contributed by atoms with Crippen LogP contribution in [-0.4, -0.2) is 50.7 Å². The van der Waals surface area contributed by atoms with Crippen LogP contribution in [-0.2, 0) is 4.74 Å². The first kappa shape index (κ1) is 15.1. The molecule has 2 N–H and O–H groups in total. The summed E-state index contributed by atoms with van der Waals surface area (Å²) in [5.74, 6) is 1.45. The predicted molar refractivity (Wildman–Crippen MR) is 76.3 cm³/mol. The Balaban J connectivity index is 1.63. The number of methoxy groups -OCH3 is 2. The van der Waals surface area contributed by atoms with Gasteiger partial charge in [0.2, 0.25) is 0 Å². The van der Waals surface area contributed by atoms with Crippen molar-refractivity contribution in [2.75, 3.05) is 27.4 Å². The summed E-state index contributed by atoms with van der Waals surface area (Å²) < 4.78 is 15.9. The van der Waals surface area contributed by atoms with Crippen LogP contribution in [0.5, 0.6) is 11.5 Å². The second-order valence-electron chi connectivity index (χ2n) is 5.08. The van der Waals surface area contributed by atoms with Gasteiger partial charge in [0.1, 0.15) is 24.2 Å². The molecule has 0 aliphatic heterocycles. The molecule has 5 nitrogen and oxygen atoms in total. The van der Waals surface area contributed by atoms with Gasteiger partial charge in [-0.15, -0.1) is 0 Å². The molecule has 2 rings (SSSR count). The maximum atomic E-state index is 9.88. The lowest BCUT2D eigenvalue weighted by Gasteiger charge is -2.35. The van der Waals surface area contributed by atoms with E-state index in [-0.39, 0.29) is 6.61 Å². The van der Waals surface area contributed by atoms with Crippen LogP contribution in [0.4, 0.5) is 0 Å². The Bertz CT molecular complexity index is 407. The summed E-state index contributed by atoms with van der Waals surface area (Å²) in [4.78, 5) is 0. The van der Waals surface area contributed by atoms with E-state index in [4.69, 9.17) is 14.2 Å². The Morgan fingerprint density at radius 1 is 1.30 bits per heavy atom. The van der Waals surface area contributed by atoms with Gasteiger partial charge in [0, 0.05) is 25.8 Å². The third kappa shape index (κ3) is 4.37. The van der Waals surface area contributed by atoms with Gasteiger partial charge in [0.15, 0.2) is 0 Å². The molecule has 1 fully saturated rings. The first-order valence-electron chi connectivity index (χ1n) is 6.92. The van der Waals surface area contributed by atoms with E-state index in [0.29, 0.717) is 24.4 Å². The van der Waals surface area contributed by atoms with E-state index in [1.165, 1.54) is 0 Å². The topological polar surface area (TPSA) is 60.0 Å². The molecule has 0 aromatic heterocycles. The van der Waals surface area contributed by atoms with Crippen molar-refractivity contribution in [3.8, 4) is 11.5 Å². The standard InChI is InChI=1S/C15H23NO4/c1-18-13-4-3-5-14(8-13)20-10-12(17)9-16-11-6-15(7-11)19-2/h3-5,8,11-12,15-17H,6-7,9-10H2,1-2H3. The highest BCUT2D eigenvalue weighted by Crippen LogP contribution is 2.22. The van der Waals surface area contributed by atoms with E-state index in [9.17, 15) is 5.11 Å². The molecule has 1 aliphatic rings. The summed E-state index contributed by atoms with van der Waals surface area (Å²) in [6.45, 7) is 0.797. The number of nitrogens with one attached hydrogen (secondary N) is 1. The van der Waals surface area contributed by atoms with Gasteiger partial charge < -0.3 is 24.6 Å². The van der Waals surface area contributed by atoms with Crippen molar-refractivity contribution in [2.45, 2.75) is 31.1 Å². The number of benzene rings is 1. The van der Waals surface area contributed by atoms with Crippen LogP contribution in [0.1, 0.15) is 12.8 Å². The Morgan fingerprint density at radius 2 is 2.05 bits per heavy atom. The van der Waals surface area contributed by atoms with Crippen molar-refractivity contribution < 1.29 is 19.3 Å². The van der Waals surface area contributed by atoms with Crippen molar-refractivity contribution in [2.24, 2.45) is 0 Å². The van der Waals surface area contributed by atoms with Crippen LogP contribution in [0.25, 0.3) is 0 Å². The summed E-state index contributed by atoms with van der Waals surface area (Å²) in [6.07, 6.45) is 1.88. The minimum absolute atomic E-state index is 0.264. The van der Waals surface area contributed by atoms with Crippen LogP contribution in [0.2, 0.25) is 0 Å². The Morgan fingerprint density at radius 3 is 2.75 bits per heavy atom. The molecule has 112 valence electrons. The van der Waals surface area contributed by atoms with Crippen molar-refractivity contribution in [1.82, 2.24) is 5.32 Å². The highest BCUT2D eigenvalue weighted by Gasteiger charge is 2.28. The second kappa shape index (κ2) is 7.47. The van der Waals surface area contributed by atoms with E-state index in [1.807, 2.05) is 18.2 Å². The van der Waals surface area contributed by atoms with Gasteiger partial charge in [-0.3, -0.25) is 0 Å². The fourth-order valence-corrected chi connectivity index (χ4v) is 2.17. The van der Waals surface area contributed by atoms with Gasteiger partial charge in [0.05, 0.1) is 13.2 Å². The smallest absolute Gasteiger partial charge is 0.123 e. The van der Waals surface area contributed by atoms with Crippen LogP contribution in [0.3, 0.4) is 0 Å². The molecule has 0 spiro atoms. The average molecular weight is 281 g/mol. The van der Waals surface area contributed by atoms with Gasteiger partial charge in [-0.1, -0.05) is 6.07 Å². The maximum absolute atomic E-state index is 9.88. The first-order chi connectivity index (χ1) is 9.71. The number of rotatable bonds is 8. The molecule has 0 saturated heterocycles. The molecule has 1 aromatic rings. The highest BCUT2D eigenvalue weighted by atomic mass is 16.5. The zero-order valence-electron chi connectivity index (χ0n) is 12.0. The van der Waals surface area contributed by atoms with Crippen molar-refractivity contribution in [3.05, 3.63) is 24.3 Å². The van der Waals surface area contributed by atoms with Crippen LogP contribution in [0.15, 0.2) is 24.3 Å². The summed E-state index contributed by atoms with van der Waals surface area (Å²) in [5, 5.41) is 13.2.